The minimum Gasteiger partial charge on any atom is -0.314 e. The zero-order valence-electron chi connectivity index (χ0n) is 11.4. The normalized spacial score (nSPS) is 12.7. The van der Waals surface area contributed by atoms with E-state index in [1.54, 1.807) is 10.6 Å². The first-order chi connectivity index (χ1) is 9.47. The van der Waals surface area contributed by atoms with Gasteiger partial charge in [0.1, 0.15) is 0 Å². The fourth-order valence-corrected chi connectivity index (χ4v) is 3.10. The van der Waals surface area contributed by atoms with E-state index < -0.39 is 0 Å². The van der Waals surface area contributed by atoms with Gasteiger partial charge in [0.25, 0.3) is 5.56 Å². The monoisotopic (exact) mass is 494 g/mol. The van der Waals surface area contributed by atoms with E-state index in [9.17, 15) is 4.79 Å². The third kappa shape index (κ3) is 4.05. The van der Waals surface area contributed by atoms with Crippen LogP contribution in [0.1, 0.15) is 11.6 Å². The molecule has 2 aromatic rings. The van der Waals surface area contributed by atoms with Crippen LogP contribution in [0, 0.1) is 7.14 Å². The number of hydrogen-bond donors (Lipinski definition) is 0. The van der Waals surface area contributed by atoms with Crippen LogP contribution in [0.3, 0.4) is 0 Å². The van der Waals surface area contributed by atoms with Crippen LogP contribution in [-0.4, -0.2) is 23.6 Å². The number of rotatable bonds is 4. The lowest BCUT2D eigenvalue weighted by Gasteiger charge is -2.25. The van der Waals surface area contributed by atoms with Gasteiger partial charge in [-0.3, -0.25) is 4.79 Å². The molecule has 1 aromatic carbocycles. The Bertz CT molecular complexity index is 652. The molecule has 0 bridgehead atoms. The summed E-state index contributed by atoms with van der Waals surface area (Å²) in [7, 11) is 4.09. The van der Waals surface area contributed by atoms with Gasteiger partial charge in [0.2, 0.25) is 0 Å². The number of hydrogen-bond acceptors (Lipinski definition) is 2. The summed E-state index contributed by atoms with van der Waals surface area (Å²) in [6.07, 6.45) is 1.87. The molecule has 0 aliphatic carbocycles. The second-order valence-corrected chi connectivity index (χ2v) is 7.36. The van der Waals surface area contributed by atoms with Gasteiger partial charge in [-0.15, -0.1) is 0 Å². The molecule has 106 valence electrons. The van der Waals surface area contributed by atoms with Gasteiger partial charge < -0.3 is 9.47 Å². The molecular formula is C15H16I2N2O. The molecule has 0 aliphatic rings. The van der Waals surface area contributed by atoms with E-state index in [-0.39, 0.29) is 11.6 Å². The smallest absolute Gasteiger partial charge is 0.251 e. The summed E-state index contributed by atoms with van der Waals surface area (Å²) in [6.45, 7) is 0.656. The highest BCUT2D eigenvalue weighted by Gasteiger charge is 2.15. The van der Waals surface area contributed by atoms with E-state index in [2.05, 4.69) is 74.3 Å². The Balaban J connectivity index is 2.33. The number of pyridine rings is 1. The molecule has 1 aromatic heterocycles. The van der Waals surface area contributed by atoms with E-state index in [0.717, 1.165) is 3.57 Å². The Hall–Kier alpha value is -0.410. The molecule has 5 heteroatoms. The van der Waals surface area contributed by atoms with Gasteiger partial charge in [-0.1, -0.05) is 12.1 Å². The van der Waals surface area contributed by atoms with Gasteiger partial charge in [-0.2, -0.15) is 0 Å². The first-order valence-electron chi connectivity index (χ1n) is 6.25. The summed E-state index contributed by atoms with van der Waals surface area (Å²) >= 11 is 4.48. The lowest BCUT2D eigenvalue weighted by Crippen LogP contribution is -2.29. The van der Waals surface area contributed by atoms with Crippen LogP contribution in [0.2, 0.25) is 0 Å². The number of likely N-dealkylation sites (N-methyl/N-ethyl adjacent to an activating group) is 1. The van der Waals surface area contributed by atoms with E-state index >= 15 is 0 Å². The van der Waals surface area contributed by atoms with Crippen LogP contribution < -0.4 is 5.56 Å². The summed E-state index contributed by atoms with van der Waals surface area (Å²) < 4.78 is 3.95. The van der Waals surface area contributed by atoms with Gasteiger partial charge in [0.05, 0.1) is 6.04 Å². The van der Waals surface area contributed by atoms with Crippen molar-refractivity contribution in [3.63, 3.8) is 0 Å². The summed E-state index contributed by atoms with van der Waals surface area (Å²) in [5, 5.41) is 0. The van der Waals surface area contributed by atoms with E-state index in [1.165, 1.54) is 9.13 Å². The van der Waals surface area contributed by atoms with Crippen LogP contribution in [0.15, 0.2) is 47.4 Å². The van der Waals surface area contributed by atoms with Crippen molar-refractivity contribution in [1.82, 2.24) is 9.47 Å². The molecule has 20 heavy (non-hydrogen) atoms. The third-order valence-electron chi connectivity index (χ3n) is 3.18. The molecule has 0 saturated heterocycles. The predicted molar refractivity (Wildman–Crippen MR) is 99.0 cm³/mol. The fraction of sp³-hybridized carbons (Fsp3) is 0.267. The largest absolute Gasteiger partial charge is 0.314 e. The van der Waals surface area contributed by atoms with Crippen molar-refractivity contribution in [2.45, 2.75) is 12.6 Å². The van der Waals surface area contributed by atoms with Gasteiger partial charge >= 0.3 is 0 Å². The molecule has 0 spiro atoms. The molecule has 0 unspecified atom stereocenters. The average molecular weight is 494 g/mol. The van der Waals surface area contributed by atoms with Crippen LogP contribution in [0.4, 0.5) is 0 Å². The molecule has 1 heterocycles. The van der Waals surface area contributed by atoms with Crippen LogP contribution in [0.25, 0.3) is 0 Å². The molecule has 0 radical (unpaired) electrons. The quantitative estimate of drug-likeness (QED) is 0.610. The van der Waals surface area contributed by atoms with E-state index in [4.69, 9.17) is 0 Å². The maximum absolute atomic E-state index is 12.0. The molecule has 0 saturated carbocycles. The van der Waals surface area contributed by atoms with Crippen molar-refractivity contribution >= 4 is 45.2 Å². The SMILES string of the molecule is CN(C)[C@@H](Cn1ccc(I)cc1=O)c1cccc(I)c1. The Morgan fingerprint density at radius 2 is 1.85 bits per heavy atom. The molecule has 0 fully saturated rings. The first-order valence-corrected chi connectivity index (χ1v) is 8.41. The molecular weight excluding hydrogens is 478 g/mol. The number of aromatic nitrogens is 1. The zero-order chi connectivity index (χ0) is 14.7. The van der Waals surface area contributed by atoms with Crippen molar-refractivity contribution in [3.05, 3.63) is 65.7 Å². The second kappa shape index (κ2) is 7.04. The van der Waals surface area contributed by atoms with Crippen molar-refractivity contribution in [3.8, 4) is 0 Å². The van der Waals surface area contributed by atoms with Gasteiger partial charge in [0, 0.05) is 25.9 Å². The summed E-state index contributed by atoms with van der Waals surface area (Å²) in [5.74, 6) is 0. The molecule has 2 rings (SSSR count). The summed E-state index contributed by atoms with van der Waals surface area (Å²) in [5.41, 5.74) is 1.28. The minimum atomic E-state index is 0.0504. The van der Waals surface area contributed by atoms with E-state index in [1.807, 2.05) is 26.4 Å². The lowest BCUT2D eigenvalue weighted by atomic mass is 10.1. The Morgan fingerprint density at radius 1 is 1.15 bits per heavy atom. The third-order valence-corrected chi connectivity index (χ3v) is 4.53. The lowest BCUT2D eigenvalue weighted by molar-refractivity contribution is 0.266. The maximum Gasteiger partial charge on any atom is 0.251 e. The number of nitrogens with zero attached hydrogens (tertiary/aromatic N) is 2. The molecule has 0 N–H and O–H groups in total. The van der Waals surface area contributed by atoms with Crippen molar-refractivity contribution < 1.29 is 0 Å². The minimum absolute atomic E-state index is 0.0504. The fourth-order valence-electron chi connectivity index (χ4n) is 2.10. The van der Waals surface area contributed by atoms with Crippen molar-refractivity contribution in [2.75, 3.05) is 14.1 Å². The van der Waals surface area contributed by atoms with Crippen LogP contribution in [-0.2, 0) is 6.54 Å². The summed E-state index contributed by atoms with van der Waals surface area (Å²) in [4.78, 5) is 14.2. The topological polar surface area (TPSA) is 25.2 Å². The second-order valence-electron chi connectivity index (χ2n) is 4.87. The van der Waals surface area contributed by atoms with Crippen LogP contribution >= 0.6 is 45.2 Å². The Kier molecular flexibility index (Phi) is 5.62. The highest BCUT2D eigenvalue weighted by molar-refractivity contribution is 14.1. The Morgan fingerprint density at radius 3 is 2.45 bits per heavy atom. The molecule has 0 aliphatic heterocycles. The number of benzene rings is 1. The van der Waals surface area contributed by atoms with Gasteiger partial charge in [0.15, 0.2) is 0 Å². The standard InChI is InChI=1S/C15H16I2N2O/c1-18(2)14(11-4-3-5-12(16)8-11)10-19-7-6-13(17)9-15(19)20/h3-9,14H,10H2,1-2H3/t14-/m0/s1. The molecule has 0 amide bonds. The summed E-state index contributed by atoms with van der Waals surface area (Å²) in [6, 6.07) is 12.2. The number of halogens is 2. The predicted octanol–water partition coefficient (Wildman–Crippen LogP) is 3.36. The average Bonchev–Trinajstić information content (AvgIpc) is 2.37. The first kappa shape index (κ1) is 16.0. The van der Waals surface area contributed by atoms with Crippen molar-refractivity contribution in [1.29, 1.82) is 0 Å². The highest BCUT2D eigenvalue weighted by atomic mass is 127. The molecule has 1 atom stereocenters. The zero-order valence-corrected chi connectivity index (χ0v) is 15.7. The highest BCUT2D eigenvalue weighted by Crippen LogP contribution is 2.21. The maximum atomic E-state index is 12.0. The van der Waals surface area contributed by atoms with Crippen molar-refractivity contribution in [2.24, 2.45) is 0 Å². The van der Waals surface area contributed by atoms with E-state index in [0.29, 0.717) is 6.54 Å². The van der Waals surface area contributed by atoms with Crippen LogP contribution in [0.5, 0.6) is 0 Å². The Labute approximate surface area is 146 Å². The van der Waals surface area contributed by atoms with Gasteiger partial charge in [-0.25, -0.2) is 0 Å². The van der Waals surface area contributed by atoms with Gasteiger partial charge in [-0.05, 0) is 83.0 Å². The molecule has 3 nitrogen and oxygen atoms in total.